The zero-order valence-electron chi connectivity index (χ0n) is 9.66. The number of rotatable bonds is 5. The molecule has 0 amide bonds. The lowest BCUT2D eigenvalue weighted by Gasteiger charge is -2.25. The second-order valence-electron chi connectivity index (χ2n) is 4.59. The zero-order valence-corrected chi connectivity index (χ0v) is 9.66. The van der Waals surface area contributed by atoms with Crippen LogP contribution in [0.15, 0.2) is 24.3 Å². The lowest BCUT2D eigenvalue weighted by Crippen LogP contribution is -2.24. The highest BCUT2D eigenvalue weighted by atomic mass is 16.3. The molecular weight excluding hydrogens is 186 g/mol. The minimum absolute atomic E-state index is 0.162. The maximum absolute atomic E-state index is 9.37. The van der Waals surface area contributed by atoms with Gasteiger partial charge in [0.25, 0.3) is 0 Å². The molecule has 0 saturated carbocycles. The van der Waals surface area contributed by atoms with Gasteiger partial charge in [0.05, 0.1) is 6.61 Å². The molecule has 0 bridgehead atoms. The fourth-order valence-electron chi connectivity index (χ4n) is 1.78. The van der Waals surface area contributed by atoms with E-state index in [0.717, 1.165) is 12.8 Å². The van der Waals surface area contributed by atoms with Crippen LogP contribution in [0, 0.1) is 0 Å². The van der Waals surface area contributed by atoms with Gasteiger partial charge in [-0.15, -0.1) is 0 Å². The predicted octanol–water partition coefficient (Wildman–Crippen LogP) is 1.85. The molecule has 1 rings (SSSR count). The minimum Gasteiger partial charge on any atom is -0.395 e. The number of hydrogen-bond donors (Lipinski definition) is 2. The van der Waals surface area contributed by atoms with Gasteiger partial charge in [0.15, 0.2) is 0 Å². The van der Waals surface area contributed by atoms with Crippen molar-refractivity contribution in [3.8, 4) is 0 Å². The van der Waals surface area contributed by atoms with E-state index in [1.165, 1.54) is 11.1 Å². The smallest absolute Gasteiger partial charge is 0.0522 e. The maximum Gasteiger partial charge on any atom is 0.0522 e. The highest BCUT2D eigenvalue weighted by Crippen LogP contribution is 2.26. The first-order valence-electron chi connectivity index (χ1n) is 5.51. The summed E-state index contributed by atoms with van der Waals surface area (Å²) in [4.78, 5) is 0. The lowest BCUT2D eigenvalue weighted by molar-refractivity contribution is 0.217. The van der Waals surface area contributed by atoms with Crippen molar-refractivity contribution in [3.63, 3.8) is 0 Å². The van der Waals surface area contributed by atoms with E-state index in [4.69, 9.17) is 5.73 Å². The molecule has 0 fully saturated rings. The van der Waals surface area contributed by atoms with Crippen molar-refractivity contribution in [1.82, 2.24) is 0 Å². The average Bonchev–Trinajstić information content (AvgIpc) is 2.26. The molecule has 1 aromatic carbocycles. The summed E-state index contributed by atoms with van der Waals surface area (Å²) < 4.78 is 0. The Kier molecular flexibility index (Phi) is 4.30. The summed E-state index contributed by atoms with van der Waals surface area (Å²) in [5.41, 5.74) is 7.90. The number of aliphatic hydroxyl groups excluding tert-OH is 1. The Bertz CT molecular complexity index is 307. The van der Waals surface area contributed by atoms with Crippen molar-refractivity contribution >= 4 is 0 Å². The van der Waals surface area contributed by atoms with Crippen LogP contribution < -0.4 is 5.73 Å². The van der Waals surface area contributed by atoms with Crippen molar-refractivity contribution in [2.24, 2.45) is 5.73 Å². The van der Waals surface area contributed by atoms with Gasteiger partial charge >= 0.3 is 0 Å². The number of aliphatic hydroxyl groups is 1. The van der Waals surface area contributed by atoms with Gasteiger partial charge in [0.1, 0.15) is 0 Å². The standard InChI is InChI=1S/C13H21NO/c1-13(2,10-15)12-8-4-3-6-11(12)7-5-9-14/h3-4,6,8,15H,5,7,9-10,14H2,1-2H3. The van der Waals surface area contributed by atoms with Gasteiger partial charge in [-0.05, 0) is 30.5 Å². The average molecular weight is 207 g/mol. The SMILES string of the molecule is CC(C)(CO)c1ccccc1CCCN. The molecule has 1 aromatic rings. The second-order valence-corrected chi connectivity index (χ2v) is 4.59. The fraction of sp³-hybridized carbons (Fsp3) is 0.538. The minimum atomic E-state index is -0.162. The largest absolute Gasteiger partial charge is 0.395 e. The third-order valence-electron chi connectivity index (χ3n) is 2.79. The third-order valence-corrected chi connectivity index (χ3v) is 2.79. The van der Waals surface area contributed by atoms with Gasteiger partial charge in [-0.2, -0.15) is 0 Å². The monoisotopic (exact) mass is 207 g/mol. The van der Waals surface area contributed by atoms with E-state index < -0.39 is 0 Å². The Morgan fingerprint density at radius 1 is 1.27 bits per heavy atom. The van der Waals surface area contributed by atoms with Crippen LogP contribution in [0.5, 0.6) is 0 Å². The Labute approximate surface area is 92.1 Å². The van der Waals surface area contributed by atoms with E-state index >= 15 is 0 Å². The normalized spacial score (nSPS) is 11.7. The van der Waals surface area contributed by atoms with Crippen molar-refractivity contribution in [2.75, 3.05) is 13.2 Å². The van der Waals surface area contributed by atoms with Crippen molar-refractivity contribution in [1.29, 1.82) is 0 Å². The number of benzene rings is 1. The first-order valence-corrected chi connectivity index (χ1v) is 5.51. The summed E-state index contributed by atoms with van der Waals surface area (Å²) in [7, 11) is 0. The molecule has 0 aliphatic rings. The highest BCUT2D eigenvalue weighted by Gasteiger charge is 2.21. The molecule has 0 unspecified atom stereocenters. The summed E-state index contributed by atoms with van der Waals surface area (Å²) in [5.74, 6) is 0. The predicted molar refractivity (Wildman–Crippen MR) is 63.9 cm³/mol. The summed E-state index contributed by atoms with van der Waals surface area (Å²) in [5, 5.41) is 9.37. The Morgan fingerprint density at radius 2 is 1.93 bits per heavy atom. The summed E-state index contributed by atoms with van der Waals surface area (Å²) in [6.07, 6.45) is 1.99. The van der Waals surface area contributed by atoms with Crippen LogP contribution in [0.25, 0.3) is 0 Å². The van der Waals surface area contributed by atoms with Gasteiger partial charge < -0.3 is 10.8 Å². The quantitative estimate of drug-likeness (QED) is 0.774. The zero-order chi connectivity index (χ0) is 11.3. The maximum atomic E-state index is 9.37. The van der Waals surface area contributed by atoms with Crippen molar-refractivity contribution in [2.45, 2.75) is 32.1 Å². The molecule has 0 aliphatic carbocycles. The molecule has 3 N–H and O–H groups in total. The second kappa shape index (κ2) is 5.29. The van der Waals surface area contributed by atoms with E-state index in [1.807, 2.05) is 12.1 Å². The van der Waals surface area contributed by atoms with Crippen molar-refractivity contribution < 1.29 is 5.11 Å². The Morgan fingerprint density at radius 3 is 2.53 bits per heavy atom. The molecule has 0 saturated heterocycles. The van der Waals surface area contributed by atoms with Crippen LogP contribution >= 0.6 is 0 Å². The topological polar surface area (TPSA) is 46.2 Å². The third kappa shape index (κ3) is 3.05. The van der Waals surface area contributed by atoms with Gasteiger partial charge in [0, 0.05) is 5.41 Å². The van der Waals surface area contributed by atoms with Gasteiger partial charge in [-0.1, -0.05) is 38.1 Å². The summed E-state index contributed by atoms with van der Waals surface area (Å²) in [6, 6.07) is 8.30. The molecule has 84 valence electrons. The molecule has 0 atom stereocenters. The van der Waals surface area contributed by atoms with Crippen LogP contribution in [-0.2, 0) is 11.8 Å². The summed E-state index contributed by atoms with van der Waals surface area (Å²) >= 11 is 0. The van der Waals surface area contributed by atoms with Gasteiger partial charge in [0.2, 0.25) is 0 Å². The van der Waals surface area contributed by atoms with Crippen LogP contribution in [0.2, 0.25) is 0 Å². The molecule has 0 spiro atoms. The number of nitrogens with two attached hydrogens (primary N) is 1. The highest BCUT2D eigenvalue weighted by molar-refractivity contribution is 5.33. The molecule has 2 heteroatoms. The molecular formula is C13H21NO. The van der Waals surface area contributed by atoms with Crippen LogP contribution in [0.3, 0.4) is 0 Å². The molecule has 0 aromatic heterocycles. The van der Waals surface area contributed by atoms with E-state index in [-0.39, 0.29) is 12.0 Å². The van der Waals surface area contributed by atoms with Crippen LogP contribution in [0.1, 0.15) is 31.4 Å². The first-order chi connectivity index (χ1) is 7.11. The van der Waals surface area contributed by atoms with Gasteiger partial charge in [-0.3, -0.25) is 0 Å². The van der Waals surface area contributed by atoms with Crippen LogP contribution in [0.4, 0.5) is 0 Å². The molecule has 0 radical (unpaired) electrons. The Hall–Kier alpha value is -0.860. The number of aryl methyl sites for hydroxylation is 1. The fourth-order valence-corrected chi connectivity index (χ4v) is 1.78. The van der Waals surface area contributed by atoms with Crippen LogP contribution in [-0.4, -0.2) is 18.3 Å². The number of hydrogen-bond acceptors (Lipinski definition) is 2. The van der Waals surface area contributed by atoms with E-state index in [0.29, 0.717) is 6.54 Å². The molecule has 0 aliphatic heterocycles. The molecule has 15 heavy (non-hydrogen) atoms. The summed E-state index contributed by atoms with van der Waals surface area (Å²) in [6.45, 7) is 5.02. The first kappa shape index (κ1) is 12.2. The molecule has 0 heterocycles. The molecule has 2 nitrogen and oxygen atoms in total. The van der Waals surface area contributed by atoms with E-state index in [1.54, 1.807) is 0 Å². The lowest BCUT2D eigenvalue weighted by atomic mass is 9.81. The van der Waals surface area contributed by atoms with E-state index in [9.17, 15) is 5.11 Å². The van der Waals surface area contributed by atoms with E-state index in [2.05, 4.69) is 26.0 Å². The Balaban J connectivity index is 2.95. The van der Waals surface area contributed by atoms with Gasteiger partial charge in [-0.25, -0.2) is 0 Å². The van der Waals surface area contributed by atoms with Crippen molar-refractivity contribution in [3.05, 3.63) is 35.4 Å².